The highest BCUT2D eigenvalue weighted by atomic mass is 79.9. The van der Waals surface area contributed by atoms with Gasteiger partial charge in [0, 0.05) is 27.3 Å². The van der Waals surface area contributed by atoms with Crippen molar-refractivity contribution in [2.45, 2.75) is 6.42 Å². The standard InChI is InChI=1S/C15H13BrN2O4S/c1-21-12-4-9(10(16)5-13(12)22-2)11-7-18-6-8(3-14(19)20)23-15(18)17-11/h4-7H,3H2,1-2H3,(H,19,20). The summed E-state index contributed by atoms with van der Waals surface area (Å²) in [5.41, 5.74) is 1.64. The first-order chi connectivity index (χ1) is 11.0. The number of imidazole rings is 1. The molecule has 8 heteroatoms. The Balaban J connectivity index is 2.03. The highest BCUT2D eigenvalue weighted by Crippen LogP contribution is 2.38. The maximum Gasteiger partial charge on any atom is 0.308 e. The molecule has 0 amide bonds. The quantitative estimate of drug-likeness (QED) is 0.714. The summed E-state index contributed by atoms with van der Waals surface area (Å²) in [6.07, 6.45) is 3.66. The number of hydrogen-bond donors (Lipinski definition) is 1. The average molecular weight is 397 g/mol. The van der Waals surface area contributed by atoms with Gasteiger partial charge in [-0.3, -0.25) is 9.20 Å². The fourth-order valence-corrected chi connectivity index (χ4v) is 3.73. The fraction of sp³-hybridized carbons (Fsp3) is 0.200. The van der Waals surface area contributed by atoms with Gasteiger partial charge in [-0.05, 0) is 28.1 Å². The molecule has 3 rings (SSSR count). The van der Waals surface area contributed by atoms with Gasteiger partial charge in [0.05, 0.1) is 26.3 Å². The summed E-state index contributed by atoms with van der Waals surface area (Å²) in [4.78, 5) is 16.9. The van der Waals surface area contributed by atoms with E-state index >= 15 is 0 Å². The number of carbonyl (C=O) groups is 1. The number of carboxylic acid groups (broad SMARTS) is 1. The Labute approximate surface area is 144 Å². The van der Waals surface area contributed by atoms with Crippen LogP contribution in [-0.4, -0.2) is 34.7 Å². The van der Waals surface area contributed by atoms with Crippen molar-refractivity contribution >= 4 is 38.2 Å². The lowest BCUT2D eigenvalue weighted by atomic mass is 10.1. The van der Waals surface area contributed by atoms with Crippen LogP contribution in [0.2, 0.25) is 0 Å². The lowest BCUT2D eigenvalue weighted by molar-refractivity contribution is -0.136. The number of rotatable bonds is 5. The van der Waals surface area contributed by atoms with Crippen LogP contribution in [-0.2, 0) is 11.2 Å². The van der Waals surface area contributed by atoms with E-state index in [9.17, 15) is 4.79 Å². The Morgan fingerprint density at radius 3 is 2.61 bits per heavy atom. The molecule has 0 bridgehead atoms. The van der Waals surface area contributed by atoms with Crippen molar-refractivity contribution < 1.29 is 19.4 Å². The Morgan fingerprint density at radius 2 is 2.00 bits per heavy atom. The molecule has 2 heterocycles. The van der Waals surface area contributed by atoms with Gasteiger partial charge >= 0.3 is 5.97 Å². The molecule has 6 nitrogen and oxygen atoms in total. The molecule has 3 aromatic rings. The average Bonchev–Trinajstić information content (AvgIpc) is 3.04. The normalized spacial score (nSPS) is 10.9. The maximum atomic E-state index is 10.8. The van der Waals surface area contributed by atoms with Gasteiger partial charge in [0.1, 0.15) is 0 Å². The van der Waals surface area contributed by atoms with Crippen molar-refractivity contribution in [2.24, 2.45) is 0 Å². The summed E-state index contributed by atoms with van der Waals surface area (Å²) in [5, 5.41) is 8.85. The van der Waals surface area contributed by atoms with Gasteiger partial charge < -0.3 is 14.6 Å². The van der Waals surface area contributed by atoms with E-state index < -0.39 is 5.97 Å². The van der Waals surface area contributed by atoms with Crippen LogP contribution >= 0.6 is 27.3 Å². The van der Waals surface area contributed by atoms with Crippen molar-refractivity contribution in [3.05, 3.63) is 33.9 Å². The van der Waals surface area contributed by atoms with Crippen LogP contribution in [0.25, 0.3) is 16.2 Å². The minimum atomic E-state index is -0.850. The number of thiazole rings is 1. The second kappa shape index (κ2) is 6.21. The predicted octanol–water partition coefficient (Wildman–Crippen LogP) is 3.47. The smallest absolute Gasteiger partial charge is 0.308 e. The Bertz CT molecular complexity index is 856. The second-order valence-electron chi connectivity index (χ2n) is 4.77. The number of halogens is 1. The molecular weight excluding hydrogens is 384 g/mol. The number of hydrogen-bond acceptors (Lipinski definition) is 5. The van der Waals surface area contributed by atoms with Crippen LogP contribution in [0.15, 0.2) is 29.0 Å². The molecule has 23 heavy (non-hydrogen) atoms. The molecule has 2 aromatic heterocycles. The van der Waals surface area contributed by atoms with Crippen molar-refractivity contribution in [1.82, 2.24) is 9.38 Å². The summed E-state index contributed by atoms with van der Waals surface area (Å²) in [6, 6.07) is 3.69. The Morgan fingerprint density at radius 1 is 1.30 bits per heavy atom. The number of aromatic nitrogens is 2. The van der Waals surface area contributed by atoms with E-state index in [0.717, 1.165) is 25.6 Å². The number of benzene rings is 1. The number of nitrogens with zero attached hydrogens (tertiary/aromatic N) is 2. The lowest BCUT2D eigenvalue weighted by Gasteiger charge is -2.10. The highest BCUT2D eigenvalue weighted by molar-refractivity contribution is 9.10. The van der Waals surface area contributed by atoms with Crippen molar-refractivity contribution in [1.29, 1.82) is 0 Å². The minimum Gasteiger partial charge on any atom is -0.493 e. The Kier molecular flexibility index (Phi) is 4.27. The topological polar surface area (TPSA) is 73.1 Å². The SMILES string of the molecule is COc1cc(Br)c(-c2cn3cc(CC(=O)O)sc3n2)cc1OC. The molecule has 0 radical (unpaired) electrons. The van der Waals surface area contributed by atoms with Crippen LogP contribution in [0.4, 0.5) is 0 Å². The van der Waals surface area contributed by atoms with E-state index in [1.54, 1.807) is 20.4 Å². The Hall–Kier alpha value is -2.06. The van der Waals surface area contributed by atoms with E-state index in [4.69, 9.17) is 14.6 Å². The van der Waals surface area contributed by atoms with E-state index in [-0.39, 0.29) is 6.42 Å². The maximum absolute atomic E-state index is 10.8. The van der Waals surface area contributed by atoms with Gasteiger partial charge in [-0.1, -0.05) is 0 Å². The van der Waals surface area contributed by atoms with Crippen molar-refractivity contribution in [2.75, 3.05) is 14.2 Å². The monoisotopic (exact) mass is 396 g/mol. The van der Waals surface area contributed by atoms with Gasteiger partial charge in [0.2, 0.25) is 0 Å². The first-order valence-electron chi connectivity index (χ1n) is 6.63. The number of carboxylic acids is 1. The number of fused-ring (bicyclic) bond motifs is 1. The van der Waals surface area contributed by atoms with Crippen molar-refractivity contribution in [3.8, 4) is 22.8 Å². The van der Waals surface area contributed by atoms with E-state index in [2.05, 4.69) is 20.9 Å². The number of aliphatic carboxylic acids is 1. The zero-order valence-corrected chi connectivity index (χ0v) is 14.8. The molecule has 0 atom stereocenters. The largest absolute Gasteiger partial charge is 0.493 e. The van der Waals surface area contributed by atoms with Gasteiger partial charge in [-0.2, -0.15) is 0 Å². The fourth-order valence-electron chi connectivity index (χ4n) is 2.25. The molecule has 0 aliphatic heterocycles. The van der Waals surface area contributed by atoms with Gasteiger partial charge in [0.15, 0.2) is 16.5 Å². The first kappa shape index (κ1) is 15.8. The highest BCUT2D eigenvalue weighted by Gasteiger charge is 2.15. The molecule has 0 unspecified atom stereocenters. The third-order valence-corrected chi connectivity index (χ3v) is 4.93. The summed E-state index contributed by atoms with van der Waals surface area (Å²) < 4.78 is 13.3. The zero-order chi connectivity index (χ0) is 16.6. The third-order valence-electron chi connectivity index (χ3n) is 3.28. The van der Waals surface area contributed by atoms with Crippen LogP contribution in [0.5, 0.6) is 11.5 Å². The van der Waals surface area contributed by atoms with Crippen molar-refractivity contribution in [3.63, 3.8) is 0 Å². The zero-order valence-electron chi connectivity index (χ0n) is 12.4. The predicted molar refractivity (Wildman–Crippen MR) is 90.6 cm³/mol. The van der Waals surface area contributed by atoms with Gasteiger partial charge in [-0.25, -0.2) is 4.98 Å². The molecule has 0 saturated carbocycles. The molecule has 1 aromatic carbocycles. The van der Waals surface area contributed by atoms with Crippen LogP contribution in [0, 0.1) is 0 Å². The van der Waals surface area contributed by atoms with E-state index in [0.29, 0.717) is 11.5 Å². The van der Waals surface area contributed by atoms with Crippen LogP contribution in [0.1, 0.15) is 4.88 Å². The molecule has 0 aliphatic rings. The van der Waals surface area contributed by atoms with Crippen LogP contribution < -0.4 is 9.47 Å². The third kappa shape index (κ3) is 3.04. The first-order valence-corrected chi connectivity index (χ1v) is 8.24. The molecule has 0 spiro atoms. The van der Waals surface area contributed by atoms with Crippen LogP contribution in [0.3, 0.4) is 0 Å². The molecule has 1 N–H and O–H groups in total. The summed E-state index contributed by atoms with van der Waals surface area (Å²) in [6.45, 7) is 0. The van der Waals surface area contributed by atoms with Gasteiger partial charge in [-0.15, -0.1) is 11.3 Å². The number of ether oxygens (including phenoxy) is 2. The lowest BCUT2D eigenvalue weighted by Crippen LogP contribution is -1.97. The molecule has 120 valence electrons. The van der Waals surface area contributed by atoms with E-state index in [1.807, 2.05) is 22.7 Å². The molecular formula is C15H13BrN2O4S. The second-order valence-corrected chi connectivity index (χ2v) is 6.72. The van der Waals surface area contributed by atoms with E-state index in [1.165, 1.54) is 11.3 Å². The molecule has 0 saturated heterocycles. The summed E-state index contributed by atoms with van der Waals surface area (Å²) in [7, 11) is 3.17. The minimum absolute atomic E-state index is 0.00339. The molecule has 0 fully saturated rings. The van der Waals surface area contributed by atoms with Gasteiger partial charge in [0.25, 0.3) is 0 Å². The number of methoxy groups -OCH3 is 2. The molecule has 0 aliphatic carbocycles. The summed E-state index contributed by atoms with van der Waals surface area (Å²) >= 11 is 4.89. The summed E-state index contributed by atoms with van der Waals surface area (Å²) in [5.74, 6) is 0.402.